The van der Waals surface area contributed by atoms with Gasteiger partial charge in [0.1, 0.15) is 5.54 Å². The predicted octanol–water partition coefficient (Wildman–Crippen LogP) is 1.50. The van der Waals surface area contributed by atoms with Crippen LogP contribution < -0.4 is 5.32 Å². The van der Waals surface area contributed by atoms with E-state index in [1.807, 2.05) is 0 Å². The molecule has 20 heavy (non-hydrogen) atoms. The summed E-state index contributed by atoms with van der Waals surface area (Å²) in [7, 11) is 0. The van der Waals surface area contributed by atoms with Gasteiger partial charge < -0.3 is 14.4 Å². The van der Waals surface area contributed by atoms with Crippen molar-refractivity contribution in [1.29, 1.82) is 5.26 Å². The summed E-state index contributed by atoms with van der Waals surface area (Å²) < 4.78 is 11.5. The zero-order chi connectivity index (χ0) is 14.5. The average molecular weight is 281 g/mol. The largest absolute Gasteiger partial charge is 0.348 e. The number of likely N-dealkylation sites (N-methyl/N-ethyl adjacent to an activating group) is 1. The third kappa shape index (κ3) is 3.50. The van der Waals surface area contributed by atoms with E-state index in [1.54, 1.807) is 0 Å². The van der Waals surface area contributed by atoms with E-state index in [2.05, 4.69) is 30.1 Å². The van der Waals surface area contributed by atoms with E-state index in [9.17, 15) is 5.26 Å². The van der Waals surface area contributed by atoms with Gasteiger partial charge in [0, 0.05) is 25.9 Å². The molecule has 1 saturated carbocycles. The van der Waals surface area contributed by atoms with Gasteiger partial charge in [-0.15, -0.1) is 0 Å². The molecule has 114 valence electrons. The molecule has 0 unspecified atom stereocenters. The van der Waals surface area contributed by atoms with Gasteiger partial charge in [-0.05, 0) is 25.9 Å². The molecule has 1 aliphatic carbocycles. The van der Waals surface area contributed by atoms with Crippen molar-refractivity contribution < 1.29 is 9.47 Å². The molecule has 2 aliphatic rings. The maximum Gasteiger partial charge on any atom is 0.168 e. The Bertz CT molecular complexity index is 334. The first-order valence-corrected chi connectivity index (χ1v) is 7.84. The van der Waals surface area contributed by atoms with Crippen LogP contribution in [0.4, 0.5) is 0 Å². The molecule has 0 aromatic heterocycles. The summed E-state index contributed by atoms with van der Waals surface area (Å²) in [5.41, 5.74) is -0.395. The van der Waals surface area contributed by atoms with Gasteiger partial charge in [0.25, 0.3) is 0 Å². The number of ether oxygens (including phenoxy) is 2. The highest BCUT2D eigenvalue weighted by Gasteiger charge is 2.46. The van der Waals surface area contributed by atoms with Crippen LogP contribution in [-0.4, -0.2) is 55.6 Å². The highest BCUT2D eigenvalue weighted by atomic mass is 16.7. The summed E-state index contributed by atoms with van der Waals surface area (Å²) in [6.07, 6.45) is 3.25. The van der Waals surface area contributed by atoms with E-state index in [4.69, 9.17) is 9.47 Å². The summed E-state index contributed by atoms with van der Waals surface area (Å²) in [4.78, 5) is 2.37. The summed E-state index contributed by atoms with van der Waals surface area (Å²) >= 11 is 0. The van der Waals surface area contributed by atoms with Gasteiger partial charge in [0.05, 0.1) is 19.3 Å². The summed E-state index contributed by atoms with van der Waals surface area (Å²) in [5, 5.41) is 13.0. The Kier molecular flexibility index (Phi) is 5.39. The molecular weight excluding hydrogens is 254 g/mol. The number of nitriles is 1. The number of nitrogens with zero attached hydrogens (tertiary/aromatic N) is 2. The standard InChI is InChI=1S/C15H27N3O2/c1-3-18(4-2)10-9-17-14(13-16)5-7-15(8-6-14)19-11-12-20-15/h17H,3-12H2,1-2H3. The maximum absolute atomic E-state index is 9.54. The zero-order valence-electron chi connectivity index (χ0n) is 12.8. The third-order valence-electron chi connectivity index (χ3n) is 4.68. The fraction of sp³-hybridized carbons (Fsp3) is 0.933. The second kappa shape index (κ2) is 6.86. The van der Waals surface area contributed by atoms with Gasteiger partial charge in [-0.3, -0.25) is 5.32 Å². The number of hydrogen-bond acceptors (Lipinski definition) is 5. The lowest BCUT2D eigenvalue weighted by Crippen LogP contribution is -2.52. The summed E-state index contributed by atoms with van der Waals surface area (Å²) in [6.45, 7) is 9.69. The predicted molar refractivity (Wildman–Crippen MR) is 77.2 cm³/mol. The lowest BCUT2D eigenvalue weighted by molar-refractivity contribution is -0.183. The van der Waals surface area contributed by atoms with Crippen molar-refractivity contribution in [2.75, 3.05) is 39.4 Å². The fourth-order valence-electron chi connectivity index (χ4n) is 3.16. The molecule has 1 N–H and O–H groups in total. The van der Waals surface area contributed by atoms with Crippen molar-refractivity contribution >= 4 is 0 Å². The molecule has 1 aliphatic heterocycles. The van der Waals surface area contributed by atoms with E-state index >= 15 is 0 Å². The first kappa shape index (κ1) is 15.7. The number of rotatable bonds is 6. The molecule has 1 saturated heterocycles. The molecule has 0 radical (unpaired) electrons. The molecule has 0 aromatic rings. The first-order chi connectivity index (χ1) is 9.67. The van der Waals surface area contributed by atoms with Crippen LogP contribution in [-0.2, 0) is 9.47 Å². The molecule has 0 aromatic carbocycles. The Balaban J connectivity index is 1.81. The van der Waals surface area contributed by atoms with Crippen molar-refractivity contribution in [2.45, 2.75) is 50.9 Å². The SMILES string of the molecule is CCN(CC)CCNC1(C#N)CCC2(CC1)OCCO2. The van der Waals surface area contributed by atoms with Crippen LogP contribution in [0.5, 0.6) is 0 Å². The van der Waals surface area contributed by atoms with Crippen LogP contribution in [0.3, 0.4) is 0 Å². The molecule has 2 fully saturated rings. The Morgan fingerprint density at radius 3 is 2.20 bits per heavy atom. The quantitative estimate of drug-likeness (QED) is 0.799. The van der Waals surface area contributed by atoms with Crippen molar-refractivity contribution in [3.05, 3.63) is 0 Å². The van der Waals surface area contributed by atoms with Gasteiger partial charge >= 0.3 is 0 Å². The van der Waals surface area contributed by atoms with Gasteiger partial charge in [0.2, 0.25) is 0 Å². The Morgan fingerprint density at radius 2 is 1.70 bits per heavy atom. The normalized spacial score (nSPS) is 24.1. The second-order valence-electron chi connectivity index (χ2n) is 5.76. The van der Waals surface area contributed by atoms with E-state index < -0.39 is 5.54 Å². The monoisotopic (exact) mass is 281 g/mol. The van der Waals surface area contributed by atoms with Crippen molar-refractivity contribution in [1.82, 2.24) is 10.2 Å². The molecule has 2 rings (SSSR count). The van der Waals surface area contributed by atoms with E-state index in [-0.39, 0.29) is 5.79 Å². The van der Waals surface area contributed by atoms with Gasteiger partial charge in [0.15, 0.2) is 5.79 Å². The minimum absolute atomic E-state index is 0.388. The Morgan fingerprint density at radius 1 is 1.10 bits per heavy atom. The summed E-state index contributed by atoms with van der Waals surface area (Å²) in [5.74, 6) is -0.388. The smallest absolute Gasteiger partial charge is 0.168 e. The molecule has 0 atom stereocenters. The van der Waals surface area contributed by atoms with Crippen LogP contribution in [0.2, 0.25) is 0 Å². The van der Waals surface area contributed by atoms with Crippen molar-refractivity contribution in [2.24, 2.45) is 0 Å². The van der Waals surface area contributed by atoms with E-state index in [1.165, 1.54) is 0 Å². The maximum atomic E-state index is 9.54. The molecule has 1 heterocycles. The lowest BCUT2D eigenvalue weighted by atomic mass is 9.79. The van der Waals surface area contributed by atoms with Crippen LogP contribution in [0.1, 0.15) is 39.5 Å². The minimum Gasteiger partial charge on any atom is -0.348 e. The highest BCUT2D eigenvalue weighted by Crippen LogP contribution is 2.39. The van der Waals surface area contributed by atoms with Crippen LogP contribution in [0, 0.1) is 11.3 Å². The topological polar surface area (TPSA) is 57.5 Å². The molecule has 0 amide bonds. The van der Waals surface area contributed by atoms with Crippen LogP contribution >= 0.6 is 0 Å². The van der Waals surface area contributed by atoms with Crippen molar-refractivity contribution in [3.63, 3.8) is 0 Å². The molecule has 1 spiro atoms. The molecule has 5 heteroatoms. The Labute approximate surface area is 122 Å². The molecule has 5 nitrogen and oxygen atoms in total. The van der Waals surface area contributed by atoms with Crippen molar-refractivity contribution in [3.8, 4) is 6.07 Å². The van der Waals surface area contributed by atoms with Gasteiger partial charge in [-0.1, -0.05) is 13.8 Å². The Hall–Kier alpha value is -0.670. The lowest BCUT2D eigenvalue weighted by Gasteiger charge is -2.40. The number of hydrogen-bond donors (Lipinski definition) is 1. The van der Waals surface area contributed by atoms with Crippen LogP contribution in [0.25, 0.3) is 0 Å². The van der Waals surface area contributed by atoms with Gasteiger partial charge in [-0.25, -0.2) is 0 Å². The second-order valence-corrected chi connectivity index (χ2v) is 5.76. The average Bonchev–Trinajstić information content (AvgIpc) is 2.95. The van der Waals surface area contributed by atoms with E-state index in [0.717, 1.165) is 51.9 Å². The zero-order valence-corrected chi connectivity index (χ0v) is 12.8. The number of nitrogens with one attached hydrogen (secondary N) is 1. The fourth-order valence-corrected chi connectivity index (χ4v) is 3.16. The van der Waals surface area contributed by atoms with Crippen LogP contribution in [0.15, 0.2) is 0 Å². The van der Waals surface area contributed by atoms with E-state index in [0.29, 0.717) is 13.2 Å². The third-order valence-corrected chi connectivity index (χ3v) is 4.68. The highest BCUT2D eigenvalue weighted by molar-refractivity contribution is 5.11. The minimum atomic E-state index is -0.395. The summed E-state index contributed by atoms with van der Waals surface area (Å²) in [6, 6.07) is 2.49. The molecular formula is C15H27N3O2. The first-order valence-electron chi connectivity index (χ1n) is 7.84. The van der Waals surface area contributed by atoms with Gasteiger partial charge in [-0.2, -0.15) is 5.26 Å². The molecule has 0 bridgehead atoms.